The number of rotatable bonds is 6. The summed E-state index contributed by atoms with van der Waals surface area (Å²) < 4.78 is 5.53. The zero-order valence-corrected chi connectivity index (χ0v) is 18.3. The Labute approximate surface area is 184 Å². The summed E-state index contributed by atoms with van der Waals surface area (Å²) in [6.07, 6.45) is 9.16. The van der Waals surface area contributed by atoms with Crippen LogP contribution in [0.1, 0.15) is 63.4 Å². The molecular weight excluding hydrogens is 388 g/mol. The molecule has 164 valence electrons. The van der Waals surface area contributed by atoms with Crippen LogP contribution in [0.2, 0.25) is 0 Å². The third kappa shape index (κ3) is 4.60. The van der Waals surface area contributed by atoms with Crippen LogP contribution in [0.3, 0.4) is 0 Å². The first-order valence-corrected chi connectivity index (χ1v) is 11.5. The van der Waals surface area contributed by atoms with Crippen molar-refractivity contribution in [2.45, 2.75) is 63.2 Å². The van der Waals surface area contributed by atoms with Crippen LogP contribution in [-0.4, -0.2) is 18.9 Å². The second-order valence-electron chi connectivity index (χ2n) is 8.85. The maximum absolute atomic E-state index is 13.4. The normalized spacial score (nSPS) is 18.4. The van der Waals surface area contributed by atoms with Gasteiger partial charge in [0, 0.05) is 17.7 Å². The SMILES string of the molecule is COc1cc(NC(=O)C2(c3ccccc3)CCCC2)ccc1NC(=O)C1CCCCC1. The summed E-state index contributed by atoms with van der Waals surface area (Å²) in [4.78, 5) is 26.0. The lowest BCUT2D eigenvalue weighted by molar-refractivity contribution is -0.122. The molecule has 2 amide bonds. The van der Waals surface area contributed by atoms with Crippen LogP contribution in [0.5, 0.6) is 5.75 Å². The highest BCUT2D eigenvalue weighted by atomic mass is 16.5. The average molecular weight is 421 g/mol. The minimum atomic E-state index is -0.484. The highest BCUT2D eigenvalue weighted by Crippen LogP contribution is 2.42. The Morgan fingerprint density at radius 2 is 1.61 bits per heavy atom. The summed E-state index contributed by atoms with van der Waals surface area (Å²) in [6.45, 7) is 0. The van der Waals surface area contributed by atoms with Crippen LogP contribution in [0.4, 0.5) is 11.4 Å². The highest BCUT2D eigenvalue weighted by molar-refractivity contribution is 6.00. The molecule has 0 spiro atoms. The molecule has 0 saturated heterocycles. The quantitative estimate of drug-likeness (QED) is 0.633. The van der Waals surface area contributed by atoms with Gasteiger partial charge in [0.2, 0.25) is 11.8 Å². The number of carbonyl (C=O) groups is 2. The fourth-order valence-electron chi connectivity index (χ4n) is 5.11. The summed E-state index contributed by atoms with van der Waals surface area (Å²) in [5.74, 6) is 0.717. The van der Waals surface area contributed by atoms with Gasteiger partial charge in [-0.3, -0.25) is 9.59 Å². The van der Waals surface area contributed by atoms with Crippen LogP contribution in [0, 0.1) is 5.92 Å². The Morgan fingerprint density at radius 3 is 2.29 bits per heavy atom. The number of methoxy groups -OCH3 is 1. The van der Waals surface area contributed by atoms with Gasteiger partial charge in [-0.15, -0.1) is 0 Å². The zero-order valence-electron chi connectivity index (χ0n) is 18.3. The van der Waals surface area contributed by atoms with Gasteiger partial charge < -0.3 is 15.4 Å². The van der Waals surface area contributed by atoms with Crippen LogP contribution in [0.25, 0.3) is 0 Å². The van der Waals surface area contributed by atoms with Gasteiger partial charge in [-0.1, -0.05) is 62.4 Å². The first kappa shape index (κ1) is 21.4. The summed E-state index contributed by atoms with van der Waals surface area (Å²) >= 11 is 0. The maximum Gasteiger partial charge on any atom is 0.235 e. The van der Waals surface area contributed by atoms with E-state index in [0.29, 0.717) is 17.1 Å². The predicted molar refractivity (Wildman–Crippen MR) is 123 cm³/mol. The van der Waals surface area contributed by atoms with Gasteiger partial charge >= 0.3 is 0 Å². The summed E-state index contributed by atoms with van der Waals surface area (Å²) in [7, 11) is 1.58. The zero-order chi connectivity index (χ0) is 21.7. The number of anilines is 2. The molecule has 5 nitrogen and oxygen atoms in total. The van der Waals surface area contributed by atoms with E-state index >= 15 is 0 Å². The van der Waals surface area contributed by atoms with E-state index in [1.165, 1.54) is 6.42 Å². The molecule has 2 aromatic rings. The van der Waals surface area contributed by atoms with Crippen molar-refractivity contribution in [2.75, 3.05) is 17.7 Å². The van der Waals surface area contributed by atoms with E-state index in [4.69, 9.17) is 4.74 Å². The topological polar surface area (TPSA) is 67.4 Å². The summed E-state index contributed by atoms with van der Waals surface area (Å²) in [5, 5.41) is 6.13. The van der Waals surface area contributed by atoms with E-state index < -0.39 is 5.41 Å². The monoisotopic (exact) mass is 420 g/mol. The minimum Gasteiger partial charge on any atom is -0.494 e. The van der Waals surface area contributed by atoms with Gasteiger partial charge in [-0.05, 0) is 43.4 Å². The lowest BCUT2D eigenvalue weighted by atomic mass is 9.78. The molecule has 2 aliphatic carbocycles. The fourth-order valence-corrected chi connectivity index (χ4v) is 5.11. The van der Waals surface area contributed by atoms with E-state index in [-0.39, 0.29) is 17.7 Å². The highest BCUT2D eigenvalue weighted by Gasteiger charge is 2.42. The lowest BCUT2D eigenvalue weighted by Gasteiger charge is -2.28. The van der Waals surface area contributed by atoms with Crippen molar-refractivity contribution >= 4 is 23.2 Å². The number of benzene rings is 2. The van der Waals surface area contributed by atoms with E-state index in [2.05, 4.69) is 22.8 Å². The number of carbonyl (C=O) groups excluding carboxylic acids is 2. The number of ether oxygens (including phenoxy) is 1. The Hall–Kier alpha value is -2.82. The Kier molecular flexibility index (Phi) is 6.59. The van der Waals surface area contributed by atoms with Gasteiger partial charge in [-0.25, -0.2) is 0 Å². The van der Waals surface area contributed by atoms with E-state index in [1.54, 1.807) is 13.2 Å². The van der Waals surface area contributed by atoms with Crippen molar-refractivity contribution < 1.29 is 14.3 Å². The largest absolute Gasteiger partial charge is 0.494 e. The number of amides is 2. The van der Waals surface area contributed by atoms with Gasteiger partial charge in [0.25, 0.3) is 0 Å². The van der Waals surface area contributed by atoms with Crippen molar-refractivity contribution in [3.8, 4) is 5.75 Å². The molecule has 0 heterocycles. The molecule has 31 heavy (non-hydrogen) atoms. The molecule has 2 saturated carbocycles. The molecule has 0 radical (unpaired) electrons. The lowest BCUT2D eigenvalue weighted by Crippen LogP contribution is -2.37. The van der Waals surface area contributed by atoms with Crippen LogP contribution >= 0.6 is 0 Å². The predicted octanol–water partition coefficient (Wildman–Crippen LogP) is 5.66. The van der Waals surface area contributed by atoms with E-state index in [9.17, 15) is 9.59 Å². The number of hydrogen-bond acceptors (Lipinski definition) is 3. The molecule has 2 aromatic carbocycles. The number of hydrogen-bond donors (Lipinski definition) is 2. The molecule has 0 atom stereocenters. The first-order valence-electron chi connectivity index (χ1n) is 11.5. The maximum atomic E-state index is 13.4. The molecule has 2 fully saturated rings. The Balaban J connectivity index is 1.49. The minimum absolute atomic E-state index is 0.0252. The van der Waals surface area contributed by atoms with Gasteiger partial charge in [0.05, 0.1) is 18.2 Å². The smallest absolute Gasteiger partial charge is 0.235 e. The van der Waals surface area contributed by atoms with Crippen molar-refractivity contribution in [1.82, 2.24) is 0 Å². The van der Waals surface area contributed by atoms with Gasteiger partial charge in [0.1, 0.15) is 5.75 Å². The van der Waals surface area contributed by atoms with Crippen LogP contribution in [-0.2, 0) is 15.0 Å². The average Bonchev–Trinajstić information content (AvgIpc) is 3.32. The molecule has 4 rings (SSSR count). The van der Waals surface area contributed by atoms with E-state index in [0.717, 1.165) is 56.9 Å². The van der Waals surface area contributed by atoms with Crippen molar-refractivity contribution in [3.05, 3.63) is 54.1 Å². The third-order valence-electron chi connectivity index (χ3n) is 6.91. The fraction of sp³-hybridized carbons (Fsp3) is 0.462. The second kappa shape index (κ2) is 9.54. The Morgan fingerprint density at radius 1 is 0.903 bits per heavy atom. The molecule has 0 bridgehead atoms. The van der Waals surface area contributed by atoms with Crippen LogP contribution in [0.15, 0.2) is 48.5 Å². The third-order valence-corrected chi connectivity index (χ3v) is 6.91. The summed E-state index contributed by atoms with van der Waals surface area (Å²) in [5.41, 5.74) is 1.92. The standard InChI is InChI=1S/C26H32N2O3/c1-31-23-18-21(14-15-22(23)28-24(29)19-10-4-2-5-11-19)27-25(30)26(16-8-9-17-26)20-12-6-3-7-13-20/h3,6-7,12-15,18-19H,2,4-5,8-11,16-17H2,1H3,(H,27,30)(H,28,29). The van der Waals surface area contributed by atoms with E-state index in [1.807, 2.05) is 30.3 Å². The van der Waals surface area contributed by atoms with Crippen LogP contribution < -0.4 is 15.4 Å². The Bertz CT molecular complexity index is 914. The van der Waals surface area contributed by atoms with Gasteiger partial charge in [0.15, 0.2) is 0 Å². The van der Waals surface area contributed by atoms with Crippen molar-refractivity contribution in [1.29, 1.82) is 0 Å². The first-order chi connectivity index (χ1) is 15.1. The van der Waals surface area contributed by atoms with Crippen molar-refractivity contribution in [2.24, 2.45) is 5.92 Å². The summed E-state index contributed by atoms with van der Waals surface area (Å²) in [6, 6.07) is 15.5. The molecular formula is C26H32N2O3. The molecule has 0 unspecified atom stereocenters. The molecule has 0 aliphatic heterocycles. The van der Waals surface area contributed by atoms with Gasteiger partial charge in [-0.2, -0.15) is 0 Å². The molecule has 2 aliphatic rings. The number of nitrogens with one attached hydrogen (secondary N) is 2. The molecule has 2 N–H and O–H groups in total. The molecule has 0 aromatic heterocycles. The van der Waals surface area contributed by atoms with Crippen molar-refractivity contribution in [3.63, 3.8) is 0 Å². The molecule has 5 heteroatoms. The second-order valence-corrected chi connectivity index (χ2v) is 8.85.